The first-order valence-electron chi connectivity index (χ1n) is 7.57. The Labute approximate surface area is 127 Å². The zero-order valence-corrected chi connectivity index (χ0v) is 12.1. The monoisotopic (exact) mass is 302 g/mol. The fraction of sp³-hybridized carbons (Fsp3) is 0.533. The fourth-order valence-electron chi connectivity index (χ4n) is 3.53. The Morgan fingerprint density at radius 1 is 1.45 bits per heavy atom. The molecule has 1 aliphatic carbocycles. The summed E-state index contributed by atoms with van der Waals surface area (Å²) >= 11 is 0. The van der Waals surface area contributed by atoms with Crippen LogP contribution in [-0.2, 0) is 4.74 Å². The van der Waals surface area contributed by atoms with Crippen molar-refractivity contribution in [2.75, 3.05) is 25.1 Å². The molecule has 1 spiro atoms. The molecule has 0 bridgehead atoms. The number of H-pyrrole nitrogens is 1. The number of carboxylic acid groups (broad SMARTS) is 1. The number of hydrogen-bond acceptors (Lipinski definition) is 5. The van der Waals surface area contributed by atoms with E-state index in [1.54, 1.807) is 6.07 Å². The van der Waals surface area contributed by atoms with Crippen LogP contribution in [0.5, 0.6) is 0 Å². The van der Waals surface area contributed by atoms with Gasteiger partial charge in [-0.05, 0) is 36.7 Å². The van der Waals surface area contributed by atoms with Crippen LogP contribution in [-0.4, -0.2) is 45.8 Å². The highest BCUT2D eigenvalue weighted by Gasteiger charge is 2.53. The smallest absolute Gasteiger partial charge is 0.352 e. The van der Waals surface area contributed by atoms with Gasteiger partial charge in [0.2, 0.25) is 0 Å². The average Bonchev–Trinajstić information content (AvgIpc) is 2.98. The first kappa shape index (κ1) is 13.5. The summed E-state index contributed by atoms with van der Waals surface area (Å²) in [5.74, 6) is 0.356. The minimum atomic E-state index is -0.993. The molecule has 3 N–H and O–H groups in total. The third-order valence-corrected chi connectivity index (χ3v) is 5.02. The minimum absolute atomic E-state index is 0.130. The third kappa shape index (κ3) is 2.21. The van der Waals surface area contributed by atoms with Crippen LogP contribution in [0.4, 0.5) is 5.82 Å². The highest BCUT2D eigenvalue weighted by atomic mass is 16.5. The molecule has 4 rings (SSSR count). The van der Waals surface area contributed by atoms with Crippen LogP contribution in [0.3, 0.4) is 0 Å². The number of ether oxygens (including phenoxy) is 1. The van der Waals surface area contributed by atoms with Crippen molar-refractivity contribution in [3.8, 4) is 0 Å². The maximum atomic E-state index is 11.0. The normalized spacial score (nSPS) is 22.8. The molecule has 2 aromatic rings. The van der Waals surface area contributed by atoms with Gasteiger partial charge < -0.3 is 20.1 Å². The van der Waals surface area contributed by atoms with Gasteiger partial charge in [0.15, 0.2) is 0 Å². The number of aromatic carboxylic acids is 1. The summed E-state index contributed by atoms with van der Waals surface area (Å²) in [6, 6.07) is 1.58. The van der Waals surface area contributed by atoms with Crippen LogP contribution in [0.2, 0.25) is 0 Å². The largest absolute Gasteiger partial charge is 0.477 e. The Morgan fingerprint density at radius 3 is 3.05 bits per heavy atom. The van der Waals surface area contributed by atoms with Gasteiger partial charge in [-0.15, -0.1) is 0 Å². The summed E-state index contributed by atoms with van der Waals surface area (Å²) < 4.78 is 5.44. The highest BCUT2D eigenvalue weighted by Crippen LogP contribution is 2.58. The van der Waals surface area contributed by atoms with Crippen molar-refractivity contribution >= 4 is 22.8 Å². The lowest BCUT2D eigenvalue weighted by Gasteiger charge is -2.23. The molecule has 0 radical (unpaired) electrons. The third-order valence-electron chi connectivity index (χ3n) is 5.02. The summed E-state index contributed by atoms with van der Waals surface area (Å²) in [7, 11) is 0. The van der Waals surface area contributed by atoms with Crippen LogP contribution in [0.25, 0.3) is 11.0 Å². The van der Waals surface area contributed by atoms with E-state index in [0.717, 1.165) is 38.0 Å². The van der Waals surface area contributed by atoms with Gasteiger partial charge in [-0.2, -0.15) is 0 Å². The second-order valence-corrected chi connectivity index (χ2v) is 6.23. The molecule has 1 saturated heterocycles. The van der Waals surface area contributed by atoms with Crippen molar-refractivity contribution in [3.63, 3.8) is 0 Å². The predicted octanol–water partition coefficient (Wildman–Crippen LogP) is 1.88. The molecular formula is C15H18N4O3. The Kier molecular flexibility index (Phi) is 3.04. The van der Waals surface area contributed by atoms with Crippen LogP contribution in [0.1, 0.15) is 29.8 Å². The molecular weight excluding hydrogens is 284 g/mol. The summed E-state index contributed by atoms with van der Waals surface area (Å²) in [6.45, 7) is 2.60. The van der Waals surface area contributed by atoms with E-state index >= 15 is 0 Å². The van der Waals surface area contributed by atoms with E-state index in [2.05, 4.69) is 20.3 Å². The van der Waals surface area contributed by atoms with Gasteiger partial charge in [0.25, 0.3) is 0 Å². The molecule has 1 saturated carbocycles. The fourth-order valence-corrected chi connectivity index (χ4v) is 3.53. The van der Waals surface area contributed by atoms with Gasteiger partial charge in [-0.1, -0.05) is 0 Å². The zero-order valence-electron chi connectivity index (χ0n) is 12.1. The van der Waals surface area contributed by atoms with E-state index in [0.29, 0.717) is 22.8 Å². The topological polar surface area (TPSA) is 100 Å². The van der Waals surface area contributed by atoms with Gasteiger partial charge in [0.05, 0.1) is 5.39 Å². The number of nitrogens with zero attached hydrogens (tertiary/aromatic N) is 2. The van der Waals surface area contributed by atoms with E-state index in [4.69, 9.17) is 9.84 Å². The van der Waals surface area contributed by atoms with Crippen molar-refractivity contribution in [2.45, 2.75) is 19.3 Å². The number of anilines is 1. The van der Waals surface area contributed by atoms with Crippen molar-refractivity contribution in [1.82, 2.24) is 15.0 Å². The predicted molar refractivity (Wildman–Crippen MR) is 79.9 cm³/mol. The molecule has 2 fully saturated rings. The first-order valence-corrected chi connectivity index (χ1v) is 7.57. The molecule has 0 amide bonds. The zero-order chi connectivity index (χ0) is 15.2. The summed E-state index contributed by atoms with van der Waals surface area (Å²) in [5, 5.41) is 13.2. The number of hydrogen-bond donors (Lipinski definition) is 3. The minimum Gasteiger partial charge on any atom is -0.477 e. The van der Waals surface area contributed by atoms with E-state index in [-0.39, 0.29) is 5.69 Å². The van der Waals surface area contributed by atoms with Crippen LogP contribution < -0.4 is 5.32 Å². The Morgan fingerprint density at radius 2 is 2.27 bits per heavy atom. The maximum absolute atomic E-state index is 11.0. The van der Waals surface area contributed by atoms with Gasteiger partial charge in [0.1, 0.15) is 23.5 Å². The molecule has 7 nitrogen and oxygen atoms in total. The second kappa shape index (κ2) is 4.95. The number of aromatic nitrogens is 3. The van der Waals surface area contributed by atoms with Gasteiger partial charge >= 0.3 is 5.97 Å². The lowest BCUT2D eigenvalue weighted by molar-refractivity contribution is 0.0527. The SMILES string of the molecule is O=C(O)c1cc2c(NCC3CC34CCOCC4)ncnc2[nH]1. The summed E-state index contributed by atoms with van der Waals surface area (Å²) in [4.78, 5) is 22.2. The Hall–Kier alpha value is -2.15. The van der Waals surface area contributed by atoms with Gasteiger partial charge in [-0.25, -0.2) is 14.8 Å². The summed E-state index contributed by atoms with van der Waals surface area (Å²) in [6.07, 6.45) is 4.98. The number of nitrogens with one attached hydrogen (secondary N) is 2. The van der Waals surface area contributed by atoms with Gasteiger partial charge in [-0.3, -0.25) is 0 Å². The molecule has 22 heavy (non-hydrogen) atoms. The van der Waals surface area contributed by atoms with E-state index in [9.17, 15) is 4.79 Å². The van der Waals surface area contributed by atoms with E-state index < -0.39 is 5.97 Å². The quantitative estimate of drug-likeness (QED) is 0.797. The molecule has 7 heteroatoms. The number of carbonyl (C=O) groups is 1. The lowest BCUT2D eigenvalue weighted by Crippen LogP contribution is -2.21. The highest BCUT2D eigenvalue weighted by molar-refractivity contribution is 5.96. The number of rotatable bonds is 4. The molecule has 0 aromatic carbocycles. The van der Waals surface area contributed by atoms with Crippen molar-refractivity contribution in [2.24, 2.45) is 11.3 Å². The molecule has 2 aromatic heterocycles. The molecule has 1 aliphatic heterocycles. The molecule has 1 atom stereocenters. The van der Waals surface area contributed by atoms with Crippen molar-refractivity contribution in [3.05, 3.63) is 18.1 Å². The maximum Gasteiger partial charge on any atom is 0.352 e. The van der Waals surface area contributed by atoms with E-state index in [1.807, 2.05) is 0 Å². The molecule has 2 aliphatic rings. The molecule has 3 heterocycles. The van der Waals surface area contributed by atoms with Crippen LogP contribution >= 0.6 is 0 Å². The number of aromatic amines is 1. The lowest BCUT2D eigenvalue weighted by atomic mass is 9.94. The number of fused-ring (bicyclic) bond motifs is 1. The molecule has 116 valence electrons. The van der Waals surface area contributed by atoms with E-state index in [1.165, 1.54) is 12.7 Å². The second-order valence-electron chi connectivity index (χ2n) is 6.23. The van der Waals surface area contributed by atoms with Crippen molar-refractivity contribution in [1.29, 1.82) is 0 Å². The Balaban J connectivity index is 1.49. The van der Waals surface area contributed by atoms with Crippen LogP contribution in [0.15, 0.2) is 12.4 Å². The molecule has 1 unspecified atom stereocenters. The first-order chi connectivity index (χ1) is 10.7. The summed E-state index contributed by atoms with van der Waals surface area (Å²) in [5.41, 5.74) is 1.14. The number of carboxylic acids is 1. The average molecular weight is 302 g/mol. The van der Waals surface area contributed by atoms with Crippen molar-refractivity contribution < 1.29 is 14.6 Å². The Bertz CT molecular complexity index is 721. The van der Waals surface area contributed by atoms with Crippen LogP contribution in [0, 0.1) is 11.3 Å². The van der Waals surface area contributed by atoms with Gasteiger partial charge in [0, 0.05) is 19.8 Å². The standard InChI is InChI=1S/C15H18N4O3/c20-14(21)11-5-10-12(17-8-18-13(10)19-11)16-7-9-6-15(9)1-3-22-4-2-15/h5,8-9H,1-4,6-7H2,(H,20,21)(H2,16,17,18,19).